The summed E-state index contributed by atoms with van der Waals surface area (Å²) in [5.41, 5.74) is 0. The largest absolute Gasteiger partial charge is 1.00 e. The Balaban J connectivity index is -0.000000125. The molecular formula is FLiMnO4S. The number of hydrogen-bond donors (Lipinski definition) is 0. The fourth-order valence-electron chi connectivity index (χ4n) is 0. The Hall–Kier alpha value is 0.917. The summed E-state index contributed by atoms with van der Waals surface area (Å²) in [6.45, 7) is 0. The van der Waals surface area contributed by atoms with E-state index in [9.17, 15) is 4.53 Å². The summed E-state index contributed by atoms with van der Waals surface area (Å²) in [5.74, 6) is 0. The molecular weight excluding hydrogens is 177 g/mol. The van der Waals surface area contributed by atoms with Crippen molar-refractivity contribution in [2.45, 2.75) is 0 Å². The van der Waals surface area contributed by atoms with Gasteiger partial charge in [0.05, 0.1) is 0 Å². The summed E-state index contributed by atoms with van der Waals surface area (Å²) in [6.07, 6.45) is 0. The Bertz CT molecular complexity index is 118. The van der Waals surface area contributed by atoms with E-state index in [1.54, 1.807) is 0 Å². The average Bonchev–Trinajstić information content (AvgIpc) is 1.35. The van der Waals surface area contributed by atoms with Gasteiger partial charge < -0.3 is 4.55 Å². The molecule has 0 aromatic carbocycles. The molecule has 0 unspecified atom stereocenters. The van der Waals surface area contributed by atoms with Gasteiger partial charge in [-0.1, -0.05) is 4.39 Å². The Morgan fingerprint density at radius 1 is 1.50 bits per heavy atom. The van der Waals surface area contributed by atoms with Crippen molar-refractivity contribution in [3.63, 3.8) is 0 Å². The predicted octanol–water partition coefficient (Wildman–Crippen LogP) is -3.65. The van der Waals surface area contributed by atoms with Crippen LogP contribution >= 0.6 is 0 Å². The van der Waals surface area contributed by atoms with Crippen molar-refractivity contribution < 1.29 is 57.8 Å². The molecule has 0 saturated heterocycles. The van der Waals surface area contributed by atoms with Crippen LogP contribution in [0.4, 0.5) is 4.53 Å². The van der Waals surface area contributed by atoms with E-state index < -0.39 is 10.4 Å². The minimum Gasteiger partial charge on any atom is -0.724 e. The van der Waals surface area contributed by atoms with E-state index >= 15 is 0 Å². The van der Waals surface area contributed by atoms with Crippen molar-refractivity contribution in [2.75, 3.05) is 0 Å². The average molecular weight is 177 g/mol. The van der Waals surface area contributed by atoms with Crippen LogP contribution in [0.3, 0.4) is 0 Å². The van der Waals surface area contributed by atoms with Gasteiger partial charge in [0.25, 0.3) is 0 Å². The van der Waals surface area contributed by atoms with E-state index in [-0.39, 0.29) is 35.9 Å². The summed E-state index contributed by atoms with van der Waals surface area (Å²) >= 11 is 0. The van der Waals surface area contributed by atoms with Gasteiger partial charge in [-0.05, 0) is 4.53 Å². The van der Waals surface area contributed by atoms with Crippen LogP contribution in [-0.2, 0) is 31.9 Å². The summed E-state index contributed by atoms with van der Waals surface area (Å²) in [4.78, 5) is 0. The van der Waals surface area contributed by atoms with E-state index in [1.165, 1.54) is 0 Å². The fourth-order valence-corrected chi connectivity index (χ4v) is 0. The Morgan fingerprint density at radius 2 is 1.62 bits per heavy atom. The van der Waals surface area contributed by atoms with Crippen molar-refractivity contribution in [3.8, 4) is 0 Å². The molecule has 8 heteroatoms. The Morgan fingerprint density at radius 3 is 1.62 bits per heavy atom. The van der Waals surface area contributed by atoms with Crippen LogP contribution in [0.5, 0.6) is 0 Å². The van der Waals surface area contributed by atoms with E-state index in [2.05, 4.69) is 0 Å². The molecule has 0 aliphatic rings. The molecule has 0 amide bonds. The standard InChI is InChI=1S/FHO4S.Li.Mn/c1-5-6(2,3)4;;/h(H,2,3,4);;/q;+1;/p-1. The van der Waals surface area contributed by atoms with E-state index in [0.717, 1.165) is 0 Å². The van der Waals surface area contributed by atoms with Crippen molar-refractivity contribution >= 4 is 10.4 Å². The molecule has 0 heterocycles. The van der Waals surface area contributed by atoms with Gasteiger partial charge in [0.15, 0.2) is 0 Å². The second-order valence-electron chi connectivity index (χ2n) is 0.471. The van der Waals surface area contributed by atoms with Gasteiger partial charge in [-0.2, -0.15) is 0 Å². The number of halogens is 1. The second-order valence-corrected chi connectivity index (χ2v) is 1.41. The zero-order valence-electron chi connectivity index (χ0n) is 3.80. The minimum absolute atomic E-state index is 0. The summed E-state index contributed by atoms with van der Waals surface area (Å²) in [7, 11) is -5.08. The molecule has 0 atom stereocenters. The third-order valence-electron chi connectivity index (χ3n) is 0.0772. The first-order valence-electron chi connectivity index (χ1n) is 0.821. The molecule has 0 rings (SSSR count). The monoisotopic (exact) mass is 177 g/mol. The van der Waals surface area contributed by atoms with E-state index in [1.807, 2.05) is 4.39 Å². The number of hydrogen-bond acceptors (Lipinski definition) is 4. The van der Waals surface area contributed by atoms with Crippen molar-refractivity contribution in [2.24, 2.45) is 0 Å². The van der Waals surface area contributed by atoms with Gasteiger partial charge in [-0.25, -0.2) is 8.42 Å². The van der Waals surface area contributed by atoms with Gasteiger partial charge in [0, 0.05) is 17.1 Å². The first-order chi connectivity index (χ1) is 2.56. The predicted molar refractivity (Wildman–Crippen MR) is 11.9 cm³/mol. The maximum atomic E-state index is 10.1. The van der Waals surface area contributed by atoms with Crippen molar-refractivity contribution in [1.82, 2.24) is 0 Å². The maximum absolute atomic E-state index is 10.1. The fraction of sp³-hybridized carbons (Fsp3) is 0. The molecule has 8 heavy (non-hydrogen) atoms. The van der Waals surface area contributed by atoms with Gasteiger partial charge in [0.2, 0.25) is 10.4 Å². The molecule has 0 saturated carbocycles. The van der Waals surface area contributed by atoms with Crippen LogP contribution in [0.25, 0.3) is 0 Å². The number of rotatable bonds is 1. The minimum atomic E-state index is -5.08. The third-order valence-corrected chi connectivity index (χ3v) is 0.231. The zero-order valence-corrected chi connectivity index (χ0v) is 5.79. The van der Waals surface area contributed by atoms with Crippen molar-refractivity contribution in [1.29, 1.82) is 0 Å². The Labute approximate surface area is 68.3 Å². The molecule has 45 valence electrons. The normalized spacial score (nSPS) is 8.75. The van der Waals surface area contributed by atoms with Crippen LogP contribution in [0.1, 0.15) is 0 Å². The smallest absolute Gasteiger partial charge is 0.724 e. The van der Waals surface area contributed by atoms with E-state index in [0.29, 0.717) is 0 Å². The Kier molecular flexibility index (Phi) is 12.1. The topological polar surface area (TPSA) is 66.4 Å². The molecule has 0 aliphatic heterocycles. The summed E-state index contributed by atoms with van der Waals surface area (Å²) in [5, 5.41) is 0. The van der Waals surface area contributed by atoms with Crippen molar-refractivity contribution in [3.05, 3.63) is 0 Å². The summed E-state index contributed by atoms with van der Waals surface area (Å²) in [6, 6.07) is 0. The van der Waals surface area contributed by atoms with E-state index in [4.69, 9.17) is 13.0 Å². The molecule has 0 aromatic heterocycles. The van der Waals surface area contributed by atoms with Crippen LogP contribution < -0.4 is 18.9 Å². The van der Waals surface area contributed by atoms with Crippen LogP contribution in [0, 0.1) is 0 Å². The molecule has 0 bridgehead atoms. The molecule has 0 aromatic rings. The second kappa shape index (κ2) is 6.04. The van der Waals surface area contributed by atoms with Crippen LogP contribution in [0.15, 0.2) is 0 Å². The molecule has 1 radical (unpaired) electrons. The maximum Gasteiger partial charge on any atom is 1.00 e. The quantitative estimate of drug-likeness (QED) is 0.235. The molecule has 0 aliphatic carbocycles. The van der Waals surface area contributed by atoms with Gasteiger partial charge in [-0.15, -0.1) is 0 Å². The molecule has 0 spiro atoms. The molecule has 4 nitrogen and oxygen atoms in total. The van der Waals surface area contributed by atoms with Crippen LogP contribution in [0.2, 0.25) is 0 Å². The zero-order chi connectivity index (χ0) is 5.21. The van der Waals surface area contributed by atoms with Crippen LogP contribution in [-0.4, -0.2) is 13.0 Å². The van der Waals surface area contributed by atoms with Gasteiger partial charge in [0.1, 0.15) is 0 Å². The first-order valence-corrected chi connectivity index (χ1v) is 2.15. The van der Waals surface area contributed by atoms with Gasteiger partial charge in [-0.3, -0.25) is 0 Å². The third kappa shape index (κ3) is 15.8. The SMILES string of the molecule is O=S(=O)([O-])OF.[Li+].[Mn]. The molecule has 0 fully saturated rings. The summed E-state index contributed by atoms with van der Waals surface area (Å²) < 4.78 is 38.5. The first kappa shape index (κ1) is 16.0. The molecule has 0 N–H and O–H groups in total. The van der Waals surface area contributed by atoms with Gasteiger partial charge >= 0.3 is 18.9 Å².